The van der Waals surface area contributed by atoms with Crippen molar-refractivity contribution >= 4 is 5.97 Å². The molecule has 0 radical (unpaired) electrons. The van der Waals surface area contributed by atoms with E-state index in [4.69, 9.17) is 0 Å². The fourth-order valence-electron chi connectivity index (χ4n) is 3.45. The SMILES string of the molecule is CCCn1ccnc1CN1C[C@@H](C(=O)O)[C@H](c2ccc(F)cc2)C1. The summed E-state index contributed by atoms with van der Waals surface area (Å²) in [5.41, 5.74) is 0.878. The number of carbonyl (C=O) groups is 1. The molecule has 24 heavy (non-hydrogen) atoms. The minimum atomic E-state index is -0.802. The highest BCUT2D eigenvalue weighted by molar-refractivity contribution is 5.72. The molecule has 2 heterocycles. The molecule has 128 valence electrons. The number of aryl methyl sites for hydroxylation is 1. The average molecular weight is 331 g/mol. The molecule has 1 aliphatic heterocycles. The summed E-state index contributed by atoms with van der Waals surface area (Å²) in [6, 6.07) is 6.17. The number of halogens is 1. The number of nitrogens with zero attached hydrogens (tertiary/aromatic N) is 3. The van der Waals surface area contributed by atoms with Gasteiger partial charge in [-0.05, 0) is 24.1 Å². The van der Waals surface area contributed by atoms with Gasteiger partial charge in [-0.2, -0.15) is 0 Å². The Morgan fingerprint density at radius 1 is 1.33 bits per heavy atom. The third kappa shape index (κ3) is 3.48. The number of carboxylic acid groups (broad SMARTS) is 1. The Balaban J connectivity index is 1.76. The molecule has 5 nitrogen and oxygen atoms in total. The molecule has 0 spiro atoms. The van der Waals surface area contributed by atoms with E-state index in [1.54, 1.807) is 18.3 Å². The second kappa shape index (κ2) is 7.13. The van der Waals surface area contributed by atoms with E-state index < -0.39 is 11.9 Å². The van der Waals surface area contributed by atoms with Gasteiger partial charge in [-0.15, -0.1) is 0 Å². The molecule has 0 bridgehead atoms. The molecule has 0 aliphatic carbocycles. The first-order chi connectivity index (χ1) is 11.6. The minimum absolute atomic E-state index is 0.127. The Morgan fingerprint density at radius 3 is 2.75 bits per heavy atom. The highest BCUT2D eigenvalue weighted by Gasteiger charge is 2.38. The number of aliphatic carboxylic acids is 1. The van der Waals surface area contributed by atoms with Crippen LogP contribution in [0.15, 0.2) is 36.7 Å². The normalized spacial score (nSPS) is 21.2. The van der Waals surface area contributed by atoms with Crippen LogP contribution in [-0.2, 0) is 17.9 Å². The fourth-order valence-corrected chi connectivity index (χ4v) is 3.45. The van der Waals surface area contributed by atoms with Crippen molar-refractivity contribution in [3.05, 3.63) is 53.9 Å². The molecule has 2 atom stereocenters. The van der Waals surface area contributed by atoms with Crippen LogP contribution in [-0.4, -0.2) is 38.6 Å². The van der Waals surface area contributed by atoms with Gasteiger partial charge in [0.1, 0.15) is 11.6 Å². The number of benzene rings is 1. The zero-order valence-corrected chi connectivity index (χ0v) is 13.7. The van der Waals surface area contributed by atoms with E-state index in [2.05, 4.69) is 21.4 Å². The smallest absolute Gasteiger partial charge is 0.308 e. The summed E-state index contributed by atoms with van der Waals surface area (Å²) in [5, 5.41) is 9.56. The number of rotatable bonds is 6. The summed E-state index contributed by atoms with van der Waals surface area (Å²) in [4.78, 5) is 18.2. The predicted octanol–water partition coefficient (Wildman–Crippen LogP) is 2.73. The maximum Gasteiger partial charge on any atom is 0.308 e. The van der Waals surface area contributed by atoms with Crippen molar-refractivity contribution in [2.24, 2.45) is 5.92 Å². The number of aromatic nitrogens is 2. The van der Waals surface area contributed by atoms with Crippen molar-refractivity contribution in [1.82, 2.24) is 14.5 Å². The fraction of sp³-hybridized carbons (Fsp3) is 0.444. The molecule has 1 saturated heterocycles. The first-order valence-corrected chi connectivity index (χ1v) is 8.29. The third-order valence-electron chi connectivity index (χ3n) is 4.64. The molecule has 3 rings (SSSR count). The summed E-state index contributed by atoms with van der Waals surface area (Å²) < 4.78 is 15.2. The van der Waals surface area contributed by atoms with Gasteiger partial charge in [-0.25, -0.2) is 9.37 Å². The van der Waals surface area contributed by atoms with E-state index in [1.807, 2.05) is 6.20 Å². The third-order valence-corrected chi connectivity index (χ3v) is 4.64. The molecule has 0 unspecified atom stereocenters. The Morgan fingerprint density at radius 2 is 2.08 bits per heavy atom. The van der Waals surface area contributed by atoms with Crippen LogP contribution in [0, 0.1) is 11.7 Å². The van der Waals surface area contributed by atoms with Crippen LogP contribution < -0.4 is 0 Å². The highest BCUT2D eigenvalue weighted by Crippen LogP contribution is 2.33. The molecule has 1 aromatic heterocycles. The lowest BCUT2D eigenvalue weighted by atomic mass is 9.89. The van der Waals surface area contributed by atoms with Gasteiger partial charge in [0.2, 0.25) is 0 Å². The number of hydrogen-bond donors (Lipinski definition) is 1. The molecule has 6 heteroatoms. The van der Waals surface area contributed by atoms with E-state index >= 15 is 0 Å². The highest BCUT2D eigenvalue weighted by atomic mass is 19.1. The van der Waals surface area contributed by atoms with E-state index in [0.29, 0.717) is 19.6 Å². The lowest BCUT2D eigenvalue weighted by molar-refractivity contribution is -0.141. The largest absolute Gasteiger partial charge is 0.481 e. The van der Waals surface area contributed by atoms with Crippen LogP contribution in [0.25, 0.3) is 0 Å². The Kier molecular flexibility index (Phi) is 4.94. The van der Waals surface area contributed by atoms with E-state index in [9.17, 15) is 14.3 Å². The van der Waals surface area contributed by atoms with E-state index in [-0.39, 0.29) is 11.7 Å². The second-order valence-electron chi connectivity index (χ2n) is 6.33. The van der Waals surface area contributed by atoms with Gasteiger partial charge in [0.15, 0.2) is 0 Å². The van der Waals surface area contributed by atoms with Gasteiger partial charge in [-0.1, -0.05) is 19.1 Å². The first kappa shape index (κ1) is 16.6. The van der Waals surface area contributed by atoms with Crippen molar-refractivity contribution in [3.8, 4) is 0 Å². The van der Waals surface area contributed by atoms with Gasteiger partial charge in [0.25, 0.3) is 0 Å². The Bertz CT molecular complexity index is 699. The summed E-state index contributed by atoms with van der Waals surface area (Å²) in [6.45, 7) is 4.78. The zero-order chi connectivity index (χ0) is 17.1. The minimum Gasteiger partial charge on any atom is -0.481 e. The molecule has 1 N–H and O–H groups in total. The summed E-state index contributed by atoms with van der Waals surface area (Å²) in [6.07, 6.45) is 4.77. The number of likely N-dealkylation sites (tertiary alicyclic amines) is 1. The monoisotopic (exact) mass is 331 g/mol. The molecule has 2 aromatic rings. The molecular weight excluding hydrogens is 309 g/mol. The Labute approximate surface area is 140 Å². The van der Waals surface area contributed by atoms with Crippen LogP contribution in [0.1, 0.15) is 30.7 Å². The van der Waals surface area contributed by atoms with Crippen molar-refractivity contribution in [2.45, 2.75) is 32.4 Å². The average Bonchev–Trinajstić information content (AvgIpc) is 3.16. The lowest BCUT2D eigenvalue weighted by Crippen LogP contribution is -2.24. The molecule has 0 amide bonds. The number of imidazole rings is 1. The maximum atomic E-state index is 13.1. The van der Waals surface area contributed by atoms with Crippen LogP contribution in [0.4, 0.5) is 4.39 Å². The topological polar surface area (TPSA) is 58.4 Å². The standard InChI is InChI=1S/C18H22FN3O2/c1-2-8-22-9-7-20-17(22)12-21-10-15(16(11-21)18(23)24)13-3-5-14(19)6-4-13/h3-7,9,15-16H,2,8,10-12H2,1H3,(H,23,24)/t15-,16+/m0/s1. The molecule has 1 fully saturated rings. The van der Waals surface area contributed by atoms with Crippen LogP contribution in [0.5, 0.6) is 0 Å². The van der Waals surface area contributed by atoms with Crippen molar-refractivity contribution in [3.63, 3.8) is 0 Å². The summed E-state index contributed by atoms with van der Waals surface area (Å²) >= 11 is 0. The van der Waals surface area contributed by atoms with Crippen molar-refractivity contribution in [1.29, 1.82) is 0 Å². The second-order valence-corrected chi connectivity index (χ2v) is 6.33. The van der Waals surface area contributed by atoms with Gasteiger partial charge >= 0.3 is 5.97 Å². The maximum absolute atomic E-state index is 13.1. The van der Waals surface area contributed by atoms with Crippen molar-refractivity contribution < 1.29 is 14.3 Å². The first-order valence-electron chi connectivity index (χ1n) is 8.29. The zero-order valence-electron chi connectivity index (χ0n) is 13.7. The van der Waals surface area contributed by atoms with Gasteiger partial charge in [0, 0.05) is 37.9 Å². The number of hydrogen-bond acceptors (Lipinski definition) is 3. The molecule has 1 aromatic carbocycles. The summed E-state index contributed by atoms with van der Waals surface area (Å²) in [7, 11) is 0. The van der Waals surface area contributed by atoms with E-state index in [0.717, 1.165) is 24.4 Å². The predicted molar refractivity (Wildman–Crippen MR) is 88.1 cm³/mol. The van der Waals surface area contributed by atoms with Gasteiger partial charge in [0.05, 0.1) is 12.5 Å². The quantitative estimate of drug-likeness (QED) is 0.884. The van der Waals surface area contributed by atoms with Crippen LogP contribution >= 0.6 is 0 Å². The van der Waals surface area contributed by atoms with Crippen LogP contribution in [0.2, 0.25) is 0 Å². The molecular formula is C18H22FN3O2. The molecule has 0 saturated carbocycles. The van der Waals surface area contributed by atoms with Crippen LogP contribution in [0.3, 0.4) is 0 Å². The van der Waals surface area contributed by atoms with Crippen molar-refractivity contribution in [2.75, 3.05) is 13.1 Å². The van der Waals surface area contributed by atoms with Gasteiger partial charge in [-0.3, -0.25) is 9.69 Å². The lowest BCUT2D eigenvalue weighted by Gasteiger charge is -2.16. The van der Waals surface area contributed by atoms with Gasteiger partial charge < -0.3 is 9.67 Å². The molecule has 1 aliphatic rings. The summed E-state index contributed by atoms with van der Waals surface area (Å²) in [5.74, 6) is -0.755. The van der Waals surface area contributed by atoms with E-state index in [1.165, 1.54) is 12.1 Å². The number of carboxylic acids is 1. The Hall–Kier alpha value is -2.21.